The Labute approximate surface area is 125 Å². The van der Waals surface area contributed by atoms with Gasteiger partial charge in [0.15, 0.2) is 0 Å². The molecule has 1 aromatic carbocycles. The number of benzene rings is 1. The third kappa shape index (κ3) is 2.92. The summed E-state index contributed by atoms with van der Waals surface area (Å²) in [6, 6.07) is 4.57. The zero-order valence-electron chi connectivity index (χ0n) is 11.4. The molecule has 1 aliphatic heterocycles. The number of hydrogen-bond donors (Lipinski definition) is 4. The lowest BCUT2D eigenvalue weighted by Crippen LogP contribution is -2.40. The number of aliphatic carboxylic acids is 1. The van der Waals surface area contributed by atoms with Crippen molar-refractivity contribution in [1.29, 1.82) is 0 Å². The van der Waals surface area contributed by atoms with Gasteiger partial charge in [-0.3, -0.25) is 14.9 Å². The van der Waals surface area contributed by atoms with E-state index >= 15 is 0 Å². The van der Waals surface area contributed by atoms with Gasteiger partial charge in [-0.1, -0.05) is 12.1 Å². The minimum atomic E-state index is -3.96. The molecule has 0 unspecified atom stereocenters. The number of urea groups is 1. The van der Waals surface area contributed by atoms with Crippen molar-refractivity contribution in [2.24, 2.45) is 0 Å². The maximum Gasteiger partial charge on any atom is 0.322 e. The summed E-state index contributed by atoms with van der Waals surface area (Å²) in [6.07, 6.45) is 0. The quantitative estimate of drug-likeness (QED) is 0.517. The molecule has 0 spiro atoms. The van der Waals surface area contributed by atoms with Crippen molar-refractivity contribution in [3.05, 3.63) is 29.8 Å². The largest absolute Gasteiger partial charge is 0.480 e. The molecule has 1 heterocycles. The Morgan fingerprint density at radius 1 is 1.27 bits per heavy atom. The van der Waals surface area contributed by atoms with Crippen molar-refractivity contribution in [1.82, 2.24) is 15.4 Å². The van der Waals surface area contributed by atoms with Crippen molar-refractivity contribution in [2.75, 3.05) is 6.54 Å². The SMILES string of the molecule is C[C@@]1(c2ccc(S(=O)(=O)NCC(=O)O)cc2)NC(=O)NC1=O. The molecular formula is C12H13N3O6S. The summed E-state index contributed by atoms with van der Waals surface area (Å²) in [5.74, 6) is -1.85. The summed E-state index contributed by atoms with van der Waals surface area (Å²) < 4.78 is 25.6. The highest BCUT2D eigenvalue weighted by atomic mass is 32.2. The fourth-order valence-electron chi connectivity index (χ4n) is 1.95. The fourth-order valence-corrected chi connectivity index (χ4v) is 2.93. The molecule has 1 saturated heterocycles. The van der Waals surface area contributed by atoms with Crippen LogP contribution in [-0.4, -0.2) is 38.0 Å². The summed E-state index contributed by atoms with van der Waals surface area (Å²) in [4.78, 5) is 33.2. The maximum absolute atomic E-state index is 11.8. The van der Waals surface area contributed by atoms with Crippen LogP contribution in [0.3, 0.4) is 0 Å². The molecule has 1 aliphatic rings. The van der Waals surface area contributed by atoms with Crippen LogP contribution in [0.1, 0.15) is 12.5 Å². The number of nitrogens with one attached hydrogen (secondary N) is 3. The summed E-state index contributed by atoms with van der Waals surface area (Å²) in [5.41, 5.74) is -0.888. The first-order valence-electron chi connectivity index (χ1n) is 6.11. The summed E-state index contributed by atoms with van der Waals surface area (Å²) in [7, 11) is -3.96. The number of sulfonamides is 1. The van der Waals surface area contributed by atoms with E-state index in [9.17, 15) is 22.8 Å². The van der Waals surface area contributed by atoms with E-state index in [0.717, 1.165) is 0 Å². The first kappa shape index (κ1) is 15.9. The van der Waals surface area contributed by atoms with Crippen LogP contribution in [0.2, 0.25) is 0 Å². The van der Waals surface area contributed by atoms with E-state index in [4.69, 9.17) is 5.11 Å². The van der Waals surface area contributed by atoms with Crippen LogP contribution < -0.4 is 15.4 Å². The molecular weight excluding hydrogens is 314 g/mol. The molecule has 3 amide bonds. The molecule has 1 atom stereocenters. The van der Waals surface area contributed by atoms with Crippen LogP contribution in [-0.2, 0) is 25.2 Å². The Morgan fingerprint density at radius 2 is 1.86 bits per heavy atom. The third-order valence-electron chi connectivity index (χ3n) is 3.20. The Balaban J connectivity index is 2.26. The predicted molar refractivity (Wildman–Crippen MR) is 73.3 cm³/mol. The standard InChI is InChI=1S/C12H13N3O6S/c1-12(10(18)14-11(19)15-12)7-2-4-8(5-3-7)22(20,21)13-6-9(16)17/h2-5,13H,6H2,1H3,(H,16,17)(H2,14,15,18,19)/t12-/m0/s1. The van der Waals surface area contributed by atoms with Crippen LogP contribution in [0.15, 0.2) is 29.2 Å². The van der Waals surface area contributed by atoms with Crippen molar-refractivity contribution in [2.45, 2.75) is 17.4 Å². The zero-order chi connectivity index (χ0) is 16.5. The van der Waals surface area contributed by atoms with Gasteiger partial charge in [0.25, 0.3) is 5.91 Å². The second-order valence-electron chi connectivity index (χ2n) is 4.78. The van der Waals surface area contributed by atoms with Crippen LogP contribution >= 0.6 is 0 Å². The summed E-state index contributed by atoms with van der Waals surface area (Å²) in [6.45, 7) is 0.750. The van der Waals surface area contributed by atoms with Crippen molar-refractivity contribution in [3.8, 4) is 0 Å². The topological polar surface area (TPSA) is 142 Å². The lowest BCUT2D eigenvalue weighted by molar-refractivity contribution is -0.135. The van der Waals surface area contributed by atoms with Gasteiger partial charge in [-0.05, 0) is 24.6 Å². The molecule has 118 valence electrons. The summed E-state index contributed by atoms with van der Waals surface area (Å²) >= 11 is 0. The van der Waals surface area contributed by atoms with E-state index in [2.05, 4.69) is 10.6 Å². The average Bonchev–Trinajstić information content (AvgIpc) is 2.71. The number of carboxylic acids is 1. The molecule has 2 rings (SSSR count). The smallest absolute Gasteiger partial charge is 0.322 e. The van der Waals surface area contributed by atoms with Gasteiger partial charge in [0.2, 0.25) is 10.0 Å². The highest BCUT2D eigenvalue weighted by molar-refractivity contribution is 7.89. The molecule has 0 bridgehead atoms. The maximum atomic E-state index is 11.8. The van der Waals surface area contributed by atoms with Crippen LogP contribution in [0.25, 0.3) is 0 Å². The number of carbonyl (C=O) groups excluding carboxylic acids is 2. The molecule has 1 fully saturated rings. The van der Waals surface area contributed by atoms with Crippen molar-refractivity contribution < 1.29 is 27.9 Å². The lowest BCUT2D eigenvalue weighted by Gasteiger charge is -2.21. The molecule has 0 aliphatic carbocycles. The van der Waals surface area contributed by atoms with E-state index < -0.39 is 40.0 Å². The number of amides is 3. The van der Waals surface area contributed by atoms with E-state index in [1.54, 1.807) is 0 Å². The van der Waals surface area contributed by atoms with Crippen LogP contribution in [0.4, 0.5) is 4.79 Å². The Morgan fingerprint density at radius 3 is 2.32 bits per heavy atom. The van der Waals surface area contributed by atoms with Gasteiger partial charge in [0.05, 0.1) is 4.90 Å². The van der Waals surface area contributed by atoms with Crippen LogP contribution in [0.5, 0.6) is 0 Å². The third-order valence-corrected chi connectivity index (χ3v) is 4.62. The van der Waals surface area contributed by atoms with Gasteiger partial charge in [-0.15, -0.1) is 0 Å². The highest BCUT2D eigenvalue weighted by Crippen LogP contribution is 2.25. The average molecular weight is 327 g/mol. The van der Waals surface area contributed by atoms with Crippen molar-refractivity contribution in [3.63, 3.8) is 0 Å². The number of hydrogen-bond acceptors (Lipinski definition) is 5. The van der Waals surface area contributed by atoms with Gasteiger partial charge in [-0.25, -0.2) is 13.2 Å². The zero-order valence-corrected chi connectivity index (χ0v) is 12.2. The van der Waals surface area contributed by atoms with Gasteiger partial charge in [0.1, 0.15) is 12.1 Å². The molecule has 22 heavy (non-hydrogen) atoms. The number of imide groups is 1. The first-order valence-corrected chi connectivity index (χ1v) is 7.59. The summed E-state index contributed by atoms with van der Waals surface area (Å²) in [5, 5.41) is 13.0. The number of carbonyl (C=O) groups is 3. The first-order chi connectivity index (χ1) is 10.1. The minimum Gasteiger partial charge on any atom is -0.480 e. The molecule has 1 aromatic rings. The van der Waals surface area contributed by atoms with Gasteiger partial charge in [0, 0.05) is 0 Å². The predicted octanol–water partition coefficient (Wildman–Crippen LogP) is -0.896. The lowest BCUT2D eigenvalue weighted by atomic mass is 9.92. The second kappa shape index (κ2) is 5.39. The number of carboxylic acid groups (broad SMARTS) is 1. The van der Waals surface area contributed by atoms with Gasteiger partial charge < -0.3 is 10.4 Å². The van der Waals surface area contributed by atoms with Gasteiger partial charge in [-0.2, -0.15) is 4.72 Å². The molecule has 0 saturated carbocycles. The monoisotopic (exact) mass is 327 g/mol. The van der Waals surface area contributed by atoms with Crippen LogP contribution in [0, 0.1) is 0 Å². The van der Waals surface area contributed by atoms with E-state index in [-0.39, 0.29) is 4.90 Å². The Kier molecular flexibility index (Phi) is 3.90. The minimum absolute atomic E-state index is 0.147. The second-order valence-corrected chi connectivity index (χ2v) is 6.54. The van der Waals surface area contributed by atoms with E-state index in [0.29, 0.717) is 5.56 Å². The fraction of sp³-hybridized carbons (Fsp3) is 0.250. The van der Waals surface area contributed by atoms with Gasteiger partial charge >= 0.3 is 12.0 Å². The molecule has 0 aromatic heterocycles. The van der Waals surface area contributed by atoms with Crippen molar-refractivity contribution >= 4 is 27.9 Å². The van der Waals surface area contributed by atoms with E-state index in [1.807, 2.05) is 4.72 Å². The van der Waals surface area contributed by atoms with E-state index in [1.165, 1.54) is 31.2 Å². The Bertz CT molecular complexity index is 743. The highest BCUT2D eigenvalue weighted by Gasteiger charge is 2.43. The normalized spacial score (nSPS) is 21.3. The molecule has 4 N–H and O–H groups in total. The number of rotatable bonds is 5. The molecule has 10 heteroatoms. The Hall–Kier alpha value is -2.46. The molecule has 0 radical (unpaired) electrons. The molecule has 9 nitrogen and oxygen atoms in total.